The zero-order chi connectivity index (χ0) is 26.3. The van der Waals surface area contributed by atoms with Gasteiger partial charge in [-0.05, 0) is 98.3 Å². The molecule has 5 nitrogen and oxygen atoms in total. The van der Waals surface area contributed by atoms with E-state index in [2.05, 4.69) is 24.1 Å². The summed E-state index contributed by atoms with van der Waals surface area (Å²) in [4.78, 5) is 13.4. The Bertz CT molecular complexity index is 1340. The van der Waals surface area contributed by atoms with Crippen LogP contribution in [0.3, 0.4) is 0 Å². The quantitative estimate of drug-likeness (QED) is 0.390. The first-order valence-electron chi connectivity index (χ1n) is 12.7. The molecule has 6 rings (SSSR count). The van der Waals surface area contributed by atoms with Gasteiger partial charge in [-0.2, -0.15) is 0 Å². The maximum Gasteiger partial charge on any atom is 0.339 e. The van der Waals surface area contributed by atoms with Crippen molar-refractivity contribution in [2.24, 2.45) is 5.92 Å². The van der Waals surface area contributed by atoms with Crippen molar-refractivity contribution in [3.8, 4) is 22.6 Å². The van der Waals surface area contributed by atoms with Crippen LogP contribution in [0, 0.1) is 17.6 Å². The van der Waals surface area contributed by atoms with E-state index in [-0.39, 0.29) is 16.7 Å². The molecule has 2 fully saturated rings. The highest BCUT2D eigenvalue weighted by Gasteiger charge is 2.53. The summed E-state index contributed by atoms with van der Waals surface area (Å²) in [5, 5.41) is 28.1. The zero-order valence-corrected chi connectivity index (χ0v) is 20.8. The minimum Gasteiger partial charge on any atom is -0.508 e. The third-order valence-electron chi connectivity index (χ3n) is 8.57. The van der Waals surface area contributed by atoms with E-state index in [4.69, 9.17) is 5.11 Å². The Morgan fingerprint density at radius 1 is 1.00 bits per heavy atom. The van der Waals surface area contributed by atoms with Gasteiger partial charge in [0.2, 0.25) is 0 Å². The number of phenols is 2. The number of rotatable bonds is 2. The summed E-state index contributed by atoms with van der Waals surface area (Å²) in [5.74, 6) is -1.97. The molecule has 0 unspecified atom stereocenters. The molecule has 0 aromatic heterocycles. The number of hydrogen-bond acceptors (Lipinski definition) is 4. The number of piperidine rings is 1. The number of carbonyl (C=O) groups is 1. The number of aromatic hydroxyl groups is 2. The molecule has 7 heteroatoms. The van der Waals surface area contributed by atoms with Crippen molar-refractivity contribution >= 4 is 5.97 Å². The van der Waals surface area contributed by atoms with Gasteiger partial charge in [0.25, 0.3) is 0 Å². The standard InChI is InChI=1S/C17H23NO.C13H8F2O3/c1-18-9-8-17-7-3-2-4-14(17)16(18)10-12-5-6-13(19)11-15(12)17;14-8-2-3-9(11(15)6-8)7-1-4-12(16)10(5-7)13(17)18/h5-6,11,14,16,19H,2-4,7-10H2,1H3;1-6,16H,(H,17,18)/t14-,16-,17-;/m0./s1. The van der Waals surface area contributed by atoms with E-state index in [1.54, 1.807) is 0 Å². The summed E-state index contributed by atoms with van der Waals surface area (Å²) < 4.78 is 26.3. The van der Waals surface area contributed by atoms with Crippen LogP contribution < -0.4 is 0 Å². The second-order valence-corrected chi connectivity index (χ2v) is 10.5. The number of aromatic carboxylic acids is 1. The van der Waals surface area contributed by atoms with Crippen molar-refractivity contribution in [1.29, 1.82) is 0 Å². The molecule has 37 heavy (non-hydrogen) atoms. The summed E-state index contributed by atoms with van der Waals surface area (Å²) in [6.45, 7) is 1.22. The van der Waals surface area contributed by atoms with E-state index < -0.39 is 23.4 Å². The topological polar surface area (TPSA) is 81.0 Å². The molecule has 0 amide bonds. The van der Waals surface area contributed by atoms with Crippen molar-refractivity contribution in [3.05, 3.63) is 82.9 Å². The Balaban J connectivity index is 0.000000152. The van der Waals surface area contributed by atoms with Crippen molar-refractivity contribution in [2.75, 3.05) is 13.6 Å². The Morgan fingerprint density at radius 3 is 2.57 bits per heavy atom. The van der Waals surface area contributed by atoms with Crippen LogP contribution in [0.5, 0.6) is 11.5 Å². The van der Waals surface area contributed by atoms with Crippen LogP contribution in [0.25, 0.3) is 11.1 Å². The largest absolute Gasteiger partial charge is 0.508 e. The van der Waals surface area contributed by atoms with Gasteiger partial charge in [0.05, 0.1) is 0 Å². The fraction of sp³-hybridized carbons (Fsp3) is 0.367. The maximum absolute atomic E-state index is 13.5. The minimum absolute atomic E-state index is 0.0684. The number of likely N-dealkylation sites (N-methyl/N-ethyl adjacent to an activating group) is 1. The Morgan fingerprint density at radius 2 is 1.81 bits per heavy atom. The number of phenolic OH excluding ortho intramolecular Hbond substituents is 1. The van der Waals surface area contributed by atoms with Gasteiger partial charge < -0.3 is 20.2 Å². The fourth-order valence-electron chi connectivity index (χ4n) is 6.78. The van der Waals surface area contributed by atoms with E-state index >= 15 is 0 Å². The number of carboxylic acid groups (broad SMARTS) is 1. The van der Waals surface area contributed by atoms with E-state index in [0.29, 0.717) is 17.2 Å². The second-order valence-electron chi connectivity index (χ2n) is 10.5. The van der Waals surface area contributed by atoms with Gasteiger partial charge in [0.1, 0.15) is 28.7 Å². The summed E-state index contributed by atoms with van der Waals surface area (Å²) in [6, 6.07) is 13.5. The molecule has 1 aliphatic heterocycles. The lowest BCUT2D eigenvalue weighted by Crippen LogP contribution is -2.59. The molecule has 2 aliphatic carbocycles. The number of nitrogens with zero attached hydrogens (tertiary/aromatic N) is 1. The third kappa shape index (κ3) is 4.57. The molecular formula is C30H31F2NO4. The van der Waals surface area contributed by atoms with Crippen molar-refractivity contribution < 1.29 is 28.9 Å². The summed E-state index contributed by atoms with van der Waals surface area (Å²) in [6.07, 6.45) is 7.93. The molecule has 1 heterocycles. The van der Waals surface area contributed by atoms with Gasteiger partial charge in [0.15, 0.2) is 0 Å². The number of halogens is 2. The van der Waals surface area contributed by atoms with Gasteiger partial charge in [-0.15, -0.1) is 0 Å². The third-order valence-corrected chi connectivity index (χ3v) is 8.57. The van der Waals surface area contributed by atoms with Crippen LogP contribution in [0.1, 0.15) is 53.6 Å². The van der Waals surface area contributed by atoms with Crippen molar-refractivity contribution in [3.63, 3.8) is 0 Å². The molecule has 0 spiro atoms. The Hall–Kier alpha value is -3.45. The molecule has 0 radical (unpaired) electrons. The Kier molecular flexibility index (Phi) is 6.67. The average molecular weight is 508 g/mol. The lowest BCUT2D eigenvalue weighted by atomic mass is 9.52. The van der Waals surface area contributed by atoms with E-state index in [1.807, 2.05) is 6.07 Å². The first-order chi connectivity index (χ1) is 17.7. The number of hydrogen-bond donors (Lipinski definition) is 3. The predicted octanol–water partition coefficient (Wildman–Crippen LogP) is 6.12. The van der Waals surface area contributed by atoms with E-state index in [0.717, 1.165) is 30.2 Å². The molecule has 3 aromatic rings. The SMILES string of the molecule is CN1CC[C@@]23CCCC[C@H]2[C@@H]1Cc1ccc(O)cc13.O=C(O)c1cc(-c2ccc(F)cc2F)ccc1O. The second kappa shape index (κ2) is 9.78. The first-order valence-corrected chi connectivity index (χ1v) is 12.7. The molecule has 2 bridgehead atoms. The van der Waals surface area contributed by atoms with Crippen LogP contribution in [0.4, 0.5) is 8.78 Å². The van der Waals surface area contributed by atoms with Crippen LogP contribution in [-0.4, -0.2) is 45.8 Å². The van der Waals surface area contributed by atoms with Crippen molar-refractivity contribution in [2.45, 2.75) is 50.0 Å². The highest BCUT2D eigenvalue weighted by atomic mass is 19.1. The minimum atomic E-state index is -1.32. The number of carboxylic acids is 1. The number of fused-ring (bicyclic) bond motifs is 1. The molecule has 3 N–H and O–H groups in total. The van der Waals surface area contributed by atoms with Gasteiger partial charge in [-0.3, -0.25) is 0 Å². The van der Waals surface area contributed by atoms with Crippen LogP contribution in [0.15, 0.2) is 54.6 Å². The van der Waals surface area contributed by atoms with Crippen LogP contribution in [0.2, 0.25) is 0 Å². The van der Waals surface area contributed by atoms with E-state index in [1.165, 1.54) is 68.3 Å². The summed E-state index contributed by atoms with van der Waals surface area (Å²) >= 11 is 0. The van der Waals surface area contributed by atoms with Gasteiger partial charge in [-0.1, -0.05) is 25.0 Å². The number of benzene rings is 3. The van der Waals surface area contributed by atoms with Gasteiger partial charge in [-0.25, -0.2) is 13.6 Å². The lowest BCUT2D eigenvalue weighted by Gasteiger charge is -2.58. The fourth-order valence-corrected chi connectivity index (χ4v) is 6.78. The smallest absolute Gasteiger partial charge is 0.339 e. The normalized spacial score (nSPS) is 24.3. The molecule has 3 aromatic carbocycles. The Labute approximate surface area is 215 Å². The van der Waals surface area contributed by atoms with Crippen molar-refractivity contribution in [1.82, 2.24) is 4.90 Å². The molecule has 1 saturated heterocycles. The van der Waals surface area contributed by atoms with E-state index in [9.17, 15) is 23.8 Å². The highest BCUT2D eigenvalue weighted by Crippen LogP contribution is 2.55. The average Bonchev–Trinajstić information content (AvgIpc) is 2.87. The van der Waals surface area contributed by atoms with Gasteiger partial charge in [0, 0.05) is 23.1 Å². The highest BCUT2D eigenvalue weighted by molar-refractivity contribution is 5.92. The molecule has 3 aliphatic rings. The van der Waals surface area contributed by atoms with Crippen LogP contribution >= 0.6 is 0 Å². The summed E-state index contributed by atoms with van der Waals surface area (Å²) in [5.41, 5.74) is 3.34. The monoisotopic (exact) mass is 507 g/mol. The lowest BCUT2D eigenvalue weighted by molar-refractivity contribution is 0.00274. The summed E-state index contributed by atoms with van der Waals surface area (Å²) in [7, 11) is 2.30. The predicted molar refractivity (Wildman–Crippen MR) is 137 cm³/mol. The maximum atomic E-state index is 13.5. The first kappa shape index (κ1) is 25.2. The molecule has 1 saturated carbocycles. The number of likely N-dealkylation sites (tertiary alicyclic amines) is 1. The van der Waals surface area contributed by atoms with Gasteiger partial charge >= 0.3 is 5.97 Å². The van der Waals surface area contributed by atoms with Crippen LogP contribution in [-0.2, 0) is 11.8 Å². The molecular weight excluding hydrogens is 476 g/mol. The zero-order valence-electron chi connectivity index (χ0n) is 20.8. The molecule has 3 atom stereocenters. The molecule has 194 valence electrons.